The van der Waals surface area contributed by atoms with Gasteiger partial charge < -0.3 is 9.84 Å². The predicted molar refractivity (Wildman–Crippen MR) is 66.0 cm³/mol. The van der Waals surface area contributed by atoms with Gasteiger partial charge in [0.2, 0.25) is 0 Å². The first-order valence-electron chi connectivity index (χ1n) is 5.51. The highest BCUT2D eigenvalue weighted by Gasteiger charge is 2.18. The highest BCUT2D eigenvalue weighted by Crippen LogP contribution is 2.08. The highest BCUT2D eigenvalue weighted by molar-refractivity contribution is 5.76. The number of carboxylic acids is 1. The number of amides is 1. The number of carbonyl (C=O) groups is 2. The number of aliphatic carboxylic acids is 1. The minimum Gasteiger partial charge on any atom is -0.480 e. The molecule has 0 saturated heterocycles. The predicted octanol–water partition coefficient (Wildman–Crippen LogP) is 2.03. The maximum Gasteiger partial charge on any atom is 0.410 e. The molecule has 1 rings (SSSR count). The maximum atomic E-state index is 12.7. The van der Waals surface area contributed by atoms with E-state index in [1.165, 1.54) is 30.3 Å². The minimum absolute atomic E-state index is 0.00162. The van der Waals surface area contributed by atoms with Crippen LogP contribution in [0.2, 0.25) is 0 Å². The number of hydrogen-bond donors (Lipinski definition) is 1. The van der Waals surface area contributed by atoms with Gasteiger partial charge in [-0.3, -0.25) is 9.69 Å². The Morgan fingerprint density at radius 1 is 1.37 bits per heavy atom. The number of benzene rings is 1. The van der Waals surface area contributed by atoms with Crippen molar-refractivity contribution in [2.75, 3.05) is 13.2 Å². The summed E-state index contributed by atoms with van der Waals surface area (Å²) >= 11 is 0. The molecular weight excluding hydrogens is 253 g/mol. The first kappa shape index (κ1) is 14.7. The van der Waals surface area contributed by atoms with Crippen LogP contribution in [0, 0.1) is 5.82 Å². The Morgan fingerprint density at radius 2 is 2.00 bits per heavy atom. The van der Waals surface area contributed by atoms with Crippen LogP contribution in [-0.4, -0.2) is 35.2 Å². The average molecular weight is 267 g/mol. The summed E-state index contributed by atoms with van der Waals surface area (Å²) in [7, 11) is 0. The standard InChI is InChI=1S/C13H14FNO4/c1-2-7-19-13(18)15(9-12(16)17)8-10-3-5-11(14)6-4-10/h2-6H,1,7-9H2,(H,16,17). The van der Waals surface area contributed by atoms with Gasteiger partial charge in [-0.25, -0.2) is 9.18 Å². The Hall–Kier alpha value is -2.37. The number of rotatable bonds is 6. The molecule has 1 aromatic carbocycles. The molecule has 0 heterocycles. The quantitative estimate of drug-likeness (QED) is 0.801. The SMILES string of the molecule is C=CCOC(=O)N(CC(=O)O)Cc1ccc(F)cc1. The van der Waals surface area contributed by atoms with Gasteiger partial charge in [0, 0.05) is 6.54 Å². The van der Waals surface area contributed by atoms with Crippen molar-refractivity contribution in [3.8, 4) is 0 Å². The Labute approximate surface area is 109 Å². The first-order chi connectivity index (χ1) is 9.02. The van der Waals surface area contributed by atoms with Crippen LogP contribution in [0.15, 0.2) is 36.9 Å². The monoisotopic (exact) mass is 267 g/mol. The van der Waals surface area contributed by atoms with E-state index in [9.17, 15) is 14.0 Å². The molecule has 0 aliphatic heterocycles. The maximum absolute atomic E-state index is 12.7. The molecule has 0 bridgehead atoms. The topological polar surface area (TPSA) is 66.8 Å². The molecule has 0 radical (unpaired) electrons. The third kappa shape index (κ3) is 5.20. The Morgan fingerprint density at radius 3 is 2.53 bits per heavy atom. The van der Waals surface area contributed by atoms with E-state index in [-0.39, 0.29) is 13.2 Å². The molecule has 0 fully saturated rings. The number of ether oxygens (including phenoxy) is 1. The van der Waals surface area contributed by atoms with E-state index < -0.39 is 24.4 Å². The summed E-state index contributed by atoms with van der Waals surface area (Å²) in [5, 5.41) is 8.75. The van der Waals surface area contributed by atoms with Crippen LogP contribution in [0.3, 0.4) is 0 Å². The first-order valence-corrected chi connectivity index (χ1v) is 5.51. The molecule has 19 heavy (non-hydrogen) atoms. The third-order valence-corrected chi connectivity index (χ3v) is 2.20. The van der Waals surface area contributed by atoms with Crippen molar-refractivity contribution in [3.63, 3.8) is 0 Å². The number of carbonyl (C=O) groups excluding carboxylic acids is 1. The van der Waals surface area contributed by atoms with Crippen molar-refractivity contribution in [1.82, 2.24) is 4.90 Å². The largest absolute Gasteiger partial charge is 0.480 e. The van der Waals surface area contributed by atoms with Gasteiger partial charge in [-0.2, -0.15) is 0 Å². The van der Waals surface area contributed by atoms with Crippen molar-refractivity contribution in [1.29, 1.82) is 0 Å². The summed E-state index contributed by atoms with van der Waals surface area (Å²) in [5.74, 6) is -1.56. The second kappa shape index (κ2) is 7.15. The van der Waals surface area contributed by atoms with E-state index in [2.05, 4.69) is 6.58 Å². The van der Waals surface area contributed by atoms with Crippen LogP contribution >= 0.6 is 0 Å². The van der Waals surface area contributed by atoms with Gasteiger partial charge in [0.05, 0.1) is 0 Å². The van der Waals surface area contributed by atoms with E-state index >= 15 is 0 Å². The van der Waals surface area contributed by atoms with Crippen LogP contribution in [0.1, 0.15) is 5.56 Å². The van der Waals surface area contributed by atoms with Gasteiger partial charge in [0.15, 0.2) is 0 Å². The number of carboxylic acid groups (broad SMARTS) is 1. The zero-order valence-corrected chi connectivity index (χ0v) is 10.2. The van der Waals surface area contributed by atoms with E-state index in [0.29, 0.717) is 5.56 Å². The van der Waals surface area contributed by atoms with E-state index in [0.717, 1.165) is 4.90 Å². The van der Waals surface area contributed by atoms with E-state index in [4.69, 9.17) is 9.84 Å². The minimum atomic E-state index is -1.15. The van der Waals surface area contributed by atoms with E-state index in [1.54, 1.807) is 0 Å². The zero-order valence-electron chi connectivity index (χ0n) is 10.2. The van der Waals surface area contributed by atoms with Crippen LogP contribution < -0.4 is 0 Å². The molecular formula is C13H14FNO4. The third-order valence-electron chi connectivity index (χ3n) is 2.20. The number of halogens is 1. The van der Waals surface area contributed by atoms with Crippen LogP contribution in [0.4, 0.5) is 9.18 Å². The normalized spacial score (nSPS) is 9.74. The number of hydrogen-bond acceptors (Lipinski definition) is 3. The lowest BCUT2D eigenvalue weighted by molar-refractivity contribution is -0.138. The molecule has 0 saturated carbocycles. The van der Waals surface area contributed by atoms with Gasteiger partial charge >= 0.3 is 12.1 Å². The molecule has 0 unspecified atom stereocenters. The van der Waals surface area contributed by atoms with E-state index in [1.807, 2.05) is 0 Å². The molecule has 5 nitrogen and oxygen atoms in total. The molecule has 0 atom stereocenters. The van der Waals surface area contributed by atoms with Gasteiger partial charge in [-0.1, -0.05) is 24.8 Å². The van der Waals surface area contributed by atoms with Gasteiger partial charge in [0.25, 0.3) is 0 Å². The van der Waals surface area contributed by atoms with Crippen molar-refractivity contribution in [2.45, 2.75) is 6.54 Å². The Bertz CT molecular complexity index is 458. The second-order valence-corrected chi connectivity index (χ2v) is 3.74. The summed E-state index contributed by atoms with van der Waals surface area (Å²) in [4.78, 5) is 23.3. The highest BCUT2D eigenvalue weighted by atomic mass is 19.1. The van der Waals surface area contributed by atoms with Crippen LogP contribution in [-0.2, 0) is 16.1 Å². The molecule has 1 amide bonds. The molecule has 0 spiro atoms. The lowest BCUT2D eigenvalue weighted by atomic mass is 10.2. The summed E-state index contributed by atoms with van der Waals surface area (Å²) in [6, 6.07) is 5.43. The molecule has 0 aromatic heterocycles. The second-order valence-electron chi connectivity index (χ2n) is 3.74. The van der Waals surface area contributed by atoms with Gasteiger partial charge in [0.1, 0.15) is 19.0 Å². The van der Waals surface area contributed by atoms with Gasteiger partial charge in [-0.15, -0.1) is 0 Å². The van der Waals surface area contributed by atoms with Crippen molar-refractivity contribution in [3.05, 3.63) is 48.3 Å². The fraction of sp³-hybridized carbons (Fsp3) is 0.231. The molecule has 102 valence electrons. The summed E-state index contributed by atoms with van der Waals surface area (Å²) < 4.78 is 17.5. The van der Waals surface area contributed by atoms with Crippen molar-refractivity contribution < 1.29 is 23.8 Å². The molecule has 1 aromatic rings. The fourth-order valence-corrected chi connectivity index (χ4v) is 1.38. The fourth-order valence-electron chi connectivity index (χ4n) is 1.38. The molecule has 0 aliphatic carbocycles. The number of nitrogens with zero attached hydrogens (tertiary/aromatic N) is 1. The lowest BCUT2D eigenvalue weighted by Crippen LogP contribution is -2.35. The lowest BCUT2D eigenvalue weighted by Gasteiger charge is -2.19. The Kier molecular flexibility index (Phi) is 5.53. The molecule has 1 N–H and O–H groups in total. The van der Waals surface area contributed by atoms with Crippen molar-refractivity contribution >= 4 is 12.1 Å². The summed E-state index contributed by atoms with van der Waals surface area (Å²) in [5.41, 5.74) is 0.609. The van der Waals surface area contributed by atoms with Crippen molar-refractivity contribution in [2.24, 2.45) is 0 Å². The molecule has 0 aliphatic rings. The van der Waals surface area contributed by atoms with Crippen LogP contribution in [0.5, 0.6) is 0 Å². The van der Waals surface area contributed by atoms with Gasteiger partial charge in [-0.05, 0) is 17.7 Å². The Balaban J connectivity index is 2.73. The van der Waals surface area contributed by atoms with Crippen LogP contribution in [0.25, 0.3) is 0 Å². The average Bonchev–Trinajstić information content (AvgIpc) is 2.37. The zero-order chi connectivity index (χ0) is 14.3. The summed E-state index contributed by atoms with van der Waals surface area (Å²) in [6.45, 7) is 2.93. The smallest absolute Gasteiger partial charge is 0.410 e. The molecule has 6 heteroatoms. The summed E-state index contributed by atoms with van der Waals surface area (Å²) in [6.07, 6.45) is 0.626.